The highest BCUT2D eigenvalue weighted by Gasteiger charge is 2.69. The van der Waals surface area contributed by atoms with Crippen molar-refractivity contribution >= 4 is 14.3 Å². The molecule has 1 aromatic carbocycles. The SMILES string of the molecule is CO[C@@]1(C)O[C@@H]2[C@H](O[Si](C)(C)C(C)(C)C)[C@H]3OC(C)(C)O[C@@]3(COC(=O)c3ccccc3)C[C@H]2O[C@]1(C)OC. The van der Waals surface area contributed by atoms with Crippen molar-refractivity contribution in [3.05, 3.63) is 35.9 Å². The van der Waals surface area contributed by atoms with E-state index in [0.29, 0.717) is 12.0 Å². The summed E-state index contributed by atoms with van der Waals surface area (Å²) in [7, 11) is 0.773. The molecule has 0 aromatic heterocycles. The number of esters is 1. The van der Waals surface area contributed by atoms with Gasteiger partial charge in [-0.15, -0.1) is 0 Å². The van der Waals surface area contributed by atoms with Gasteiger partial charge in [-0.05, 0) is 58.0 Å². The van der Waals surface area contributed by atoms with E-state index in [0.717, 1.165) is 0 Å². The van der Waals surface area contributed by atoms with Gasteiger partial charge in [0.15, 0.2) is 14.1 Å². The molecule has 10 heteroatoms. The Kier molecular flexibility index (Phi) is 7.97. The third-order valence-electron chi connectivity index (χ3n) is 8.95. The van der Waals surface area contributed by atoms with Gasteiger partial charge in [-0.3, -0.25) is 0 Å². The van der Waals surface area contributed by atoms with Gasteiger partial charge >= 0.3 is 5.97 Å². The summed E-state index contributed by atoms with van der Waals surface area (Å²) < 4.78 is 51.1. The van der Waals surface area contributed by atoms with E-state index in [9.17, 15) is 4.79 Å². The predicted molar refractivity (Wildman–Crippen MR) is 147 cm³/mol. The fourth-order valence-corrected chi connectivity index (χ4v) is 6.78. The number of hydrogen-bond acceptors (Lipinski definition) is 9. The largest absolute Gasteiger partial charge is 0.459 e. The van der Waals surface area contributed by atoms with Crippen LogP contribution in [0.15, 0.2) is 30.3 Å². The lowest BCUT2D eigenvalue weighted by Gasteiger charge is -2.58. The Morgan fingerprint density at radius 3 is 2.13 bits per heavy atom. The van der Waals surface area contributed by atoms with Crippen LogP contribution in [-0.4, -0.2) is 82.5 Å². The molecule has 1 saturated carbocycles. The number of carbonyl (C=O) groups is 1. The minimum atomic E-state index is -2.36. The molecule has 220 valence electrons. The minimum absolute atomic E-state index is 0.0377. The van der Waals surface area contributed by atoms with Gasteiger partial charge in [-0.1, -0.05) is 39.0 Å². The molecular weight excluding hydrogens is 520 g/mol. The molecule has 9 nitrogen and oxygen atoms in total. The van der Waals surface area contributed by atoms with Gasteiger partial charge in [0, 0.05) is 20.6 Å². The Bertz CT molecular complexity index is 1040. The van der Waals surface area contributed by atoms with E-state index in [1.54, 1.807) is 52.3 Å². The number of ether oxygens (including phenoxy) is 7. The number of rotatable bonds is 7. The smallest absolute Gasteiger partial charge is 0.338 e. The molecule has 2 saturated heterocycles. The summed E-state index contributed by atoms with van der Waals surface area (Å²) in [5, 5.41) is -0.0848. The Hall–Kier alpha value is -1.37. The molecule has 3 fully saturated rings. The van der Waals surface area contributed by atoms with Gasteiger partial charge in [-0.25, -0.2) is 4.79 Å². The van der Waals surface area contributed by atoms with Gasteiger partial charge in [-0.2, -0.15) is 0 Å². The number of methoxy groups -OCH3 is 2. The van der Waals surface area contributed by atoms with Gasteiger partial charge in [0.1, 0.15) is 30.5 Å². The molecule has 1 aromatic rings. The highest BCUT2D eigenvalue weighted by Crippen LogP contribution is 2.53. The Morgan fingerprint density at radius 2 is 1.56 bits per heavy atom. The van der Waals surface area contributed by atoms with Crippen molar-refractivity contribution in [3.8, 4) is 0 Å². The van der Waals surface area contributed by atoms with E-state index in [1.807, 2.05) is 19.9 Å². The molecule has 0 N–H and O–H groups in total. The Morgan fingerprint density at radius 1 is 0.974 bits per heavy atom. The highest BCUT2D eigenvalue weighted by molar-refractivity contribution is 6.74. The van der Waals surface area contributed by atoms with Gasteiger partial charge in [0.25, 0.3) is 0 Å². The van der Waals surface area contributed by atoms with E-state index in [-0.39, 0.29) is 11.6 Å². The normalized spacial score (nSPS) is 38.1. The van der Waals surface area contributed by atoms with E-state index in [1.165, 1.54) is 0 Å². The first kappa shape index (κ1) is 30.6. The standard InChI is InChI=1S/C29H46O9Si/c1-25(2,3)39(10,11)37-22-21-20(34-27(6,31-8)28(7,32-9)35-21)17-29(23(22)36-26(4,5)38-29)18-33-24(30)19-15-13-12-14-16-19/h12-16,20-23H,17-18H2,1-11H3/t20-,21+,22+,23-,27+,28+,29-/m1/s1. The average molecular weight is 567 g/mol. The monoisotopic (exact) mass is 566 g/mol. The lowest BCUT2D eigenvalue weighted by atomic mass is 9.76. The van der Waals surface area contributed by atoms with Crippen LogP contribution in [0.2, 0.25) is 18.1 Å². The van der Waals surface area contributed by atoms with Gasteiger partial charge in [0.2, 0.25) is 11.6 Å². The summed E-state index contributed by atoms with van der Waals surface area (Å²) in [6.45, 7) is 18.2. The van der Waals surface area contributed by atoms with Crippen LogP contribution in [0.1, 0.15) is 65.2 Å². The van der Waals surface area contributed by atoms with Crippen molar-refractivity contribution in [2.24, 2.45) is 0 Å². The molecule has 2 heterocycles. The van der Waals surface area contributed by atoms with Crippen molar-refractivity contribution in [1.29, 1.82) is 0 Å². The third kappa shape index (κ3) is 5.47. The topological polar surface area (TPSA) is 90.9 Å². The van der Waals surface area contributed by atoms with Gasteiger partial charge < -0.3 is 37.6 Å². The van der Waals surface area contributed by atoms with Crippen LogP contribution in [0.4, 0.5) is 0 Å². The minimum Gasteiger partial charge on any atom is -0.459 e. The van der Waals surface area contributed by atoms with Crippen LogP contribution in [0, 0.1) is 0 Å². The molecule has 0 radical (unpaired) electrons. The molecule has 2 aliphatic heterocycles. The molecule has 0 unspecified atom stereocenters. The summed E-state index contributed by atoms with van der Waals surface area (Å²) in [5.41, 5.74) is -0.576. The van der Waals surface area contributed by atoms with E-state index in [2.05, 4.69) is 33.9 Å². The molecule has 39 heavy (non-hydrogen) atoms. The summed E-state index contributed by atoms with van der Waals surface area (Å²) in [6.07, 6.45) is -1.91. The van der Waals surface area contributed by atoms with E-state index < -0.39 is 61.7 Å². The lowest BCUT2D eigenvalue weighted by molar-refractivity contribution is -0.462. The quantitative estimate of drug-likeness (QED) is 0.333. The first-order valence-corrected chi connectivity index (χ1v) is 16.6. The molecule has 3 aliphatic rings. The van der Waals surface area contributed by atoms with Crippen molar-refractivity contribution in [3.63, 3.8) is 0 Å². The van der Waals surface area contributed by atoms with E-state index >= 15 is 0 Å². The fraction of sp³-hybridized carbons (Fsp3) is 0.759. The zero-order chi connectivity index (χ0) is 29.1. The number of carbonyl (C=O) groups excluding carboxylic acids is 1. The molecule has 1 aliphatic carbocycles. The summed E-state index contributed by atoms with van der Waals surface area (Å²) >= 11 is 0. The Labute approximate surface area is 233 Å². The molecule has 0 spiro atoms. The molecular formula is C29H46O9Si. The maximum Gasteiger partial charge on any atom is 0.338 e. The molecule has 0 amide bonds. The maximum atomic E-state index is 13.0. The van der Waals surface area contributed by atoms with Crippen LogP contribution in [0.5, 0.6) is 0 Å². The number of hydrogen-bond donors (Lipinski definition) is 0. The zero-order valence-corrected chi connectivity index (χ0v) is 26.3. The van der Waals surface area contributed by atoms with Crippen LogP contribution in [-0.2, 0) is 37.6 Å². The van der Waals surface area contributed by atoms with Crippen molar-refractivity contribution in [1.82, 2.24) is 0 Å². The van der Waals surface area contributed by atoms with Crippen molar-refractivity contribution in [2.45, 2.75) is 120 Å². The fourth-order valence-electron chi connectivity index (χ4n) is 5.49. The lowest BCUT2D eigenvalue weighted by Crippen LogP contribution is -2.74. The third-order valence-corrected chi connectivity index (χ3v) is 13.4. The average Bonchev–Trinajstić information content (AvgIpc) is 3.13. The first-order chi connectivity index (χ1) is 17.9. The van der Waals surface area contributed by atoms with Crippen molar-refractivity contribution < 1.29 is 42.4 Å². The summed E-state index contributed by atoms with van der Waals surface area (Å²) in [6, 6.07) is 8.90. The Balaban J connectivity index is 1.75. The molecule has 4 rings (SSSR count). The summed E-state index contributed by atoms with van der Waals surface area (Å²) in [4.78, 5) is 13.0. The molecule has 0 bridgehead atoms. The number of fused-ring (bicyclic) bond motifs is 2. The van der Waals surface area contributed by atoms with Crippen LogP contribution in [0.3, 0.4) is 0 Å². The predicted octanol–water partition coefficient (Wildman–Crippen LogP) is 5.04. The maximum absolute atomic E-state index is 13.0. The molecule has 7 atom stereocenters. The van der Waals surface area contributed by atoms with Crippen LogP contribution < -0.4 is 0 Å². The van der Waals surface area contributed by atoms with Gasteiger partial charge in [0.05, 0.1) is 11.7 Å². The summed E-state index contributed by atoms with van der Waals surface area (Å²) in [5.74, 6) is -3.82. The van der Waals surface area contributed by atoms with Crippen molar-refractivity contribution in [2.75, 3.05) is 20.8 Å². The second-order valence-electron chi connectivity index (χ2n) is 13.1. The highest BCUT2D eigenvalue weighted by atomic mass is 28.4. The zero-order valence-electron chi connectivity index (χ0n) is 25.3. The van der Waals surface area contributed by atoms with Crippen LogP contribution >= 0.6 is 0 Å². The second-order valence-corrected chi connectivity index (χ2v) is 17.9. The number of benzene rings is 1. The van der Waals surface area contributed by atoms with E-state index in [4.69, 9.17) is 37.6 Å². The first-order valence-electron chi connectivity index (χ1n) is 13.7. The van der Waals surface area contributed by atoms with Crippen LogP contribution in [0.25, 0.3) is 0 Å². The second kappa shape index (κ2) is 10.2.